The number of methoxy groups -OCH3 is 1. The molecule has 0 radical (unpaired) electrons. The maximum absolute atomic E-state index is 6.06. The fraction of sp³-hybridized carbons (Fsp3) is 0.120. The number of aromatic nitrogens is 3. The predicted octanol–water partition coefficient (Wildman–Crippen LogP) is 6.23. The highest BCUT2D eigenvalue weighted by Gasteiger charge is 2.24. The third kappa shape index (κ3) is 4.53. The van der Waals surface area contributed by atoms with Crippen LogP contribution in [0.25, 0.3) is 5.70 Å². The van der Waals surface area contributed by atoms with Gasteiger partial charge in [0.2, 0.25) is 5.95 Å². The van der Waals surface area contributed by atoms with Gasteiger partial charge >= 0.3 is 0 Å². The van der Waals surface area contributed by atoms with Crippen LogP contribution in [-0.4, -0.2) is 21.9 Å². The number of hydrogen-bond acceptors (Lipinski definition) is 5. The molecule has 1 aliphatic rings. The zero-order chi connectivity index (χ0) is 22.8. The summed E-state index contributed by atoms with van der Waals surface area (Å²) in [5, 5.41) is 9.13. The molecule has 0 fully saturated rings. The lowest BCUT2D eigenvalue weighted by Crippen LogP contribution is -2.20. The zero-order valence-corrected chi connectivity index (χ0v) is 19.2. The summed E-state index contributed by atoms with van der Waals surface area (Å²) in [6.45, 7) is 0.411. The van der Waals surface area contributed by atoms with Crippen molar-refractivity contribution in [1.82, 2.24) is 14.8 Å². The Hall–Kier alpha value is -3.48. The van der Waals surface area contributed by atoms with E-state index < -0.39 is 0 Å². The van der Waals surface area contributed by atoms with Crippen molar-refractivity contribution in [1.29, 1.82) is 0 Å². The fourth-order valence-electron chi connectivity index (χ4n) is 3.70. The summed E-state index contributed by atoms with van der Waals surface area (Å²) in [5.41, 5.74) is 3.95. The van der Waals surface area contributed by atoms with Crippen LogP contribution < -0.4 is 14.8 Å². The molecule has 0 spiro atoms. The third-order valence-corrected chi connectivity index (χ3v) is 5.90. The summed E-state index contributed by atoms with van der Waals surface area (Å²) in [4.78, 5) is 4.36. The van der Waals surface area contributed by atoms with Gasteiger partial charge in [-0.05, 0) is 59.2 Å². The number of halogens is 2. The van der Waals surface area contributed by atoms with E-state index in [4.69, 9.17) is 32.7 Å². The molecule has 3 aromatic carbocycles. The Morgan fingerprint density at radius 1 is 0.939 bits per heavy atom. The first kappa shape index (κ1) is 21.4. The lowest BCUT2D eigenvalue weighted by molar-refractivity contribution is 0.284. The second kappa shape index (κ2) is 9.17. The molecule has 2 heterocycles. The van der Waals surface area contributed by atoms with Crippen LogP contribution in [0.2, 0.25) is 10.0 Å². The van der Waals surface area contributed by atoms with E-state index in [1.54, 1.807) is 7.11 Å². The van der Waals surface area contributed by atoms with Crippen LogP contribution in [-0.2, 0) is 6.61 Å². The van der Waals surface area contributed by atoms with Gasteiger partial charge < -0.3 is 14.8 Å². The van der Waals surface area contributed by atoms with Crippen molar-refractivity contribution in [3.05, 3.63) is 106 Å². The van der Waals surface area contributed by atoms with Crippen LogP contribution in [0.5, 0.6) is 11.5 Å². The number of fused-ring (bicyclic) bond motifs is 1. The molecule has 1 aliphatic heterocycles. The van der Waals surface area contributed by atoms with Crippen LogP contribution in [0.3, 0.4) is 0 Å². The molecule has 1 N–H and O–H groups in total. The van der Waals surface area contributed by atoms with Crippen molar-refractivity contribution in [2.75, 3.05) is 12.4 Å². The number of benzene rings is 3. The van der Waals surface area contributed by atoms with E-state index in [-0.39, 0.29) is 6.04 Å². The number of allylic oxidation sites excluding steroid dienone is 1. The first-order valence-electron chi connectivity index (χ1n) is 10.3. The Labute approximate surface area is 201 Å². The van der Waals surface area contributed by atoms with E-state index in [1.165, 1.54) is 6.33 Å². The molecular weight excluding hydrogens is 459 g/mol. The summed E-state index contributed by atoms with van der Waals surface area (Å²) >= 11 is 12.0. The first-order valence-corrected chi connectivity index (χ1v) is 11.1. The Morgan fingerprint density at radius 3 is 2.39 bits per heavy atom. The van der Waals surface area contributed by atoms with Gasteiger partial charge in [0.05, 0.1) is 7.11 Å². The number of ether oxygens (including phenoxy) is 2. The lowest BCUT2D eigenvalue weighted by atomic mass is 10.0. The second-order valence-electron chi connectivity index (χ2n) is 7.51. The second-order valence-corrected chi connectivity index (χ2v) is 8.38. The molecule has 4 aromatic rings. The van der Waals surface area contributed by atoms with Crippen LogP contribution >= 0.6 is 23.2 Å². The van der Waals surface area contributed by atoms with Crippen molar-refractivity contribution >= 4 is 34.8 Å². The Balaban J connectivity index is 1.44. The van der Waals surface area contributed by atoms with E-state index in [0.717, 1.165) is 22.4 Å². The molecule has 0 amide bonds. The topological polar surface area (TPSA) is 61.2 Å². The molecule has 8 heteroatoms. The summed E-state index contributed by atoms with van der Waals surface area (Å²) in [6, 6.07) is 21.0. The Kier molecular flexibility index (Phi) is 5.94. The molecule has 166 valence electrons. The molecule has 33 heavy (non-hydrogen) atoms. The zero-order valence-electron chi connectivity index (χ0n) is 17.7. The van der Waals surface area contributed by atoms with E-state index in [0.29, 0.717) is 34.1 Å². The smallest absolute Gasteiger partial charge is 0.226 e. The molecule has 6 nitrogen and oxygen atoms in total. The van der Waals surface area contributed by atoms with E-state index in [1.807, 2.05) is 71.4 Å². The number of nitrogens with zero attached hydrogens (tertiary/aromatic N) is 3. The van der Waals surface area contributed by atoms with Crippen molar-refractivity contribution in [3.63, 3.8) is 0 Å². The fourth-order valence-corrected chi connectivity index (χ4v) is 3.95. The lowest BCUT2D eigenvalue weighted by Gasteiger charge is -2.25. The van der Waals surface area contributed by atoms with Gasteiger partial charge in [-0.3, -0.25) is 0 Å². The molecule has 0 saturated carbocycles. The predicted molar refractivity (Wildman–Crippen MR) is 130 cm³/mol. The van der Waals surface area contributed by atoms with E-state index >= 15 is 0 Å². The van der Waals surface area contributed by atoms with Gasteiger partial charge in [0, 0.05) is 15.7 Å². The van der Waals surface area contributed by atoms with Crippen molar-refractivity contribution in [2.24, 2.45) is 0 Å². The van der Waals surface area contributed by atoms with Crippen LogP contribution in [0.4, 0.5) is 5.95 Å². The third-order valence-electron chi connectivity index (χ3n) is 5.40. The number of hydrogen-bond donors (Lipinski definition) is 1. The van der Waals surface area contributed by atoms with Crippen LogP contribution in [0.1, 0.15) is 22.7 Å². The summed E-state index contributed by atoms with van der Waals surface area (Å²) in [6.07, 6.45) is 3.64. The average molecular weight is 479 g/mol. The number of nitrogens with one attached hydrogen (secondary N) is 1. The minimum absolute atomic E-state index is 0.173. The molecule has 1 aromatic heterocycles. The van der Waals surface area contributed by atoms with Gasteiger partial charge in [-0.15, -0.1) is 0 Å². The normalized spacial score (nSPS) is 14.8. The highest BCUT2D eigenvalue weighted by atomic mass is 35.5. The number of anilines is 1. The van der Waals surface area contributed by atoms with Crippen molar-refractivity contribution < 1.29 is 9.47 Å². The van der Waals surface area contributed by atoms with Crippen LogP contribution in [0, 0.1) is 0 Å². The van der Waals surface area contributed by atoms with Gasteiger partial charge in [0.15, 0.2) is 11.5 Å². The Bertz CT molecular complexity index is 1300. The first-order chi connectivity index (χ1) is 16.1. The van der Waals surface area contributed by atoms with Crippen molar-refractivity contribution in [2.45, 2.75) is 12.6 Å². The maximum atomic E-state index is 6.06. The molecule has 0 bridgehead atoms. The summed E-state index contributed by atoms with van der Waals surface area (Å²) in [7, 11) is 1.63. The molecule has 5 rings (SSSR count). The quantitative estimate of drug-likeness (QED) is 0.355. The van der Waals surface area contributed by atoms with Gasteiger partial charge in [-0.2, -0.15) is 10.1 Å². The summed E-state index contributed by atoms with van der Waals surface area (Å²) < 4.78 is 13.5. The highest BCUT2D eigenvalue weighted by molar-refractivity contribution is 6.30. The standard InChI is InChI=1S/C25H20Cl2N4O2/c1-32-24-12-18(6-11-23(24)33-14-16-2-7-19(26)8-3-16)22-13-21(17-4-9-20(27)10-5-17)30-25-28-15-29-31(22)25/h2-13,15,22H,14H2,1H3,(H,28,29,30). The van der Waals surface area contributed by atoms with Crippen LogP contribution in [0.15, 0.2) is 79.1 Å². The molecule has 1 unspecified atom stereocenters. The van der Waals surface area contributed by atoms with Crippen molar-refractivity contribution in [3.8, 4) is 11.5 Å². The molecule has 0 saturated heterocycles. The van der Waals surface area contributed by atoms with Gasteiger partial charge in [0.1, 0.15) is 19.0 Å². The molecule has 0 aliphatic carbocycles. The average Bonchev–Trinajstić information content (AvgIpc) is 3.32. The molecule has 1 atom stereocenters. The van der Waals surface area contributed by atoms with Gasteiger partial charge in [0.25, 0.3) is 0 Å². The van der Waals surface area contributed by atoms with E-state index in [2.05, 4.69) is 21.5 Å². The molecular formula is C25H20Cl2N4O2. The highest BCUT2D eigenvalue weighted by Crippen LogP contribution is 2.36. The SMILES string of the molecule is COc1cc(C2C=C(c3ccc(Cl)cc3)Nc3ncnn32)ccc1OCc1ccc(Cl)cc1. The van der Waals surface area contributed by atoms with Gasteiger partial charge in [-0.25, -0.2) is 4.68 Å². The summed E-state index contributed by atoms with van der Waals surface area (Å²) in [5.74, 6) is 1.96. The minimum Gasteiger partial charge on any atom is -0.493 e. The van der Waals surface area contributed by atoms with Gasteiger partial charge in [-0.1, -0.05) is 53.5 Å². The maximum Gasteiger partial charge on any atom is 0.226 e. The Morgan fingerprint density at radius 2 is 1.67 bits per heavy atom. The minimum atomic E-state index is -0.173. The van der Waals surface area contributed by atoms with E-state index in [9.17, 15) is 0 Å². The monoisotopic (exact) mass is 478 g/mol. The largest absolute Gasteiger partial charge is 0.493 e. The number of rotatable bonds is 6.